The van der Waals surface area contributed by atoms with E-state index in [2.05, 4.69) is 28.5 Å². The van der Waals surface area contributed by atoms with Crippen LogP contribution in [0.5, 0.6) is 0 Å². The SMILES string of the molecule is O=C(O)CCC1=NNC(S)NC1=O. The van der Waals surface area contributed by atoms with Crippen LogP contribution in [0, 0.1) is 0 Å². The van der Waals surface area contributed by atoms with Crippen molar-refractivity contribution in [2.24, 2.45) is 5.10 Å². The molecule has 72 valence electrons. The van der Waals surface area contributed by atoms with E-state index in [-0.39, 0.29) is 24.5 Å². The molecular weight excluding hydrogens is 194 g/mol. The van der Waals surface area contributed by atoms with Crippen molar-refractivity contribution in [1.82, 2.24) is 10.7 Å². The van der Waals surface area contributed by atoms with Gasteiger partial charge >= 0.3 is 5.97 Å². The molecular formula is C6H9N3O3S. The maximum Gasteiger partial charge on any atom is 0.303 e. The van der Waals surface area contributed by atoms with E-state index in [1.165, 1.54) is 0 Å². The zero-order valence-electron chi connectivity index (χ0n) is 6.65. The number of nitrogens with one attached hydrogen (secondary N) is 2. The molecule has 1 aliphatic rings. The highest BCUT2D eigenvalue weighted by Crippen LogP contribution is 1.99. The Kier molecular flexibility index (Phi) is 3.13. The summed E-state index contributed by atoms with van der Waals surface area (Å²) in [5, 5.41) is 14.5. The van der Waals surface area contributed by atoms with Crippen LogP contribution in [0.25, 0.3) is 0 Å². The van der Waals surface area contributed by atoms with Crippen molar-refractivity contribution in [1.29, 1.82) is 0 Å². The molecule has 6 nitrogen and oxygen atoms in total. The average molecular weight is 203 g/mol. The largest absolute Gasteiger partial charge is 0.481 e. The van der Waals surface area contributed by atoms with Gasteiger partial charge in [-0.15, -0.1) is 12.6 Å². The fourth-order valence-corrected chi connectivity index (χ4v) is 0.999. The fraction of sp³-hybridized carbons (Fsp3) is 0.500. The molecule has 1 amide bonds. The molecule has 1 aliphatic heterocycles. The molecule has 0 spiro atoms. The van der Waals surface area contributed by atoms with Crippen molar-refractivity contribution in [2.45, 2.75) is 18.3 Å². The number of carboxylic acids is 1. The third kappa shape index (κ3) is 2.94. The van der Waals surface area contributed by atoms with E-state index < -0.39 is 11.5 Å². The van der Waals surface area contributed by atoms with Crippen LogP contribution in [0.3, 0.4) is 0 Å². The van der Waals surface area contributed by atoms with Crippen molar-refractivity contribution in [3.05, 3.63) is 0 Å². The first-order chi connectivity index (χ1) is 6.09. The summed E-state index contributed by atoms with van der Waals surface area (Å²) in [5.41, 5.74) is 2.20. The lowest BCUT2D eigenvalue weighted by Crippen LogP contribution is -2.48. The van der Waals surface area contributed by atoms with Crippen LogP contribution in [-0.4, -0.2) is 28.2 Å². The molecule has 0 fully saturated rings. The Balaban J connectivity index is 2.49. The van der Waals surface area contributed by atoms with Gasteiger partial charge in [-0.2, -0.15) is 5.10 Å². The van der Waals surface area contributed by atoms with Gasteiger partial charge in [-0.05, 0) is 0 Å². The third-order valence-corrected chi connectivity index (χ3v) is 1.67. The van der Waals surface area contributed by atoms with E-state index in [9.17, 15) is 9.59 Å². The first-order valence-electron chi connectivity index (χ1n) is 3.62. The zero-order chi connectivity index (χ0) is 9.84. The van der Waals surface area contributed by atoms with Gasteiger partial charge in [-0.3, -0.25) is 15.0 Å². The standard InChI is InChI=1S/C6H9N3O3S/c10-4(11)2-1-3-5(12)7-6(13)9-8-3/h6,9,13H,1-2H2,(H,7,12)(H,10,11). The maximum atomic E-state index is 11.1. The molecule has 1 heterocycles. The van der Waals surface area contributed by atoms with Crippen molar-refractivity contribution in [2.75, 3.05) is 0 Å². The van der Waals surface area contributed by atoms with Gasteiger partial charge in [-0.25, -0.2) is 0 Å². The number of hydrazone groups is 1. The molecule has 3 N–H and O–H groups in total. The Bertz CT molecular complexity index is 266. The predicted octanol–water partition coefficient (Wildman–Crippen LogP) is -0.860. The number of nitrogens with zero attached hydrogens (tertiary/aromatic N) is 1. The molecule has 0 aromatic heterocycles. The van der Waals surface area contributed by atoms with Gasteiger partial charge < -0.3 is 10.4 Å². The second-order valence-electron chi connectivity index (χ2n) is 2.46. The van der Waals surface area contributed by atoms with E-state index in [1.807, 2.05) is 0 Å². The summed E-state index contributed by atoms with van der Waals surface area (Å²) in [4.78, 5) is 21.3. The maximum absolute atomic E-state index is 11.1. The van der Waals surface area contributed by atoms with Gasteiger partial charge in [-0.1, -0.05) is 0 Å². The van der Waals surface area contributed by atoms with Crippen molar-refractivity contribution >= 4 is 30.2 Å². The lowest BCUT2D eigenvalue weighted by atomic mass is 10.2. The number of thiol groups is 1. The summed E-state index contributed by atoms with van der Waals surface area (Å²) >= 11 is 3.90. The Morgan fingerprint density at radius 3 is 2.92 bits per heavy atom. The van der Waals surface area contributed by atoms with Crippen LogP contribution < -0.4 is 10.7 Å². The number of carboxylic acid groups (broad SMARTS) is 1. The highest BCUT2D eigenvalue weighted by atomic mass is 32.1. The minimum absolute atomic E-state index is 0.106. The van der Waals surface area contributed by atoms with E-state index in [4.69, 9.17) is 5.11 Å². The summed E-state index contributed by atoms with van der Waals surface area (Å²) in [6, 6.07) is 0. The van der Waals surface area contributed by atoms with E-state index in [1.54, 1.807) is 0 Å². The fourth-order valence-electron chi connectivity index (χ4n) is 0.824. The quantitative estimate of drug-likeness (QED) is 0.449. The lowest BCUT2D eigenvalue weighted by molar-refractivity contribution is -0.136. The Labute approximate surface area is 79.8 Å². The van der Waals surface area contributed by atoms with Crippen LogP contribution in [0.15, 0.2) is 5.10 Å². The molecule has 0 aromatic rings. The minimum atomic E-state index is -0.955. The Hall–Kier alpha value is -1.24. The van der Waals surface area contributed by atoms with Crippen LogP contribution in [0.4, 0.5) is 0 Å². The highest BCUT2D eigenvalue weighted by molar-refractivity contribution is 7.80. The van der Waals surface area contributed by atoms with Crippen molar-refractivity contribution < 1.29 is 14.7 Å². The average Bonchev–Trinajstić information content (AvgIpc) is 2.02. The van der Waals surface area contributed by atoms with Crippen molar-refractivity contribution in [3.63, 3.8) is 0 Å². The van der Waals surface area contributed by atoms with Gasteiger partial charge in [0.2, 0.25) is 0 Å². The number of hydrogen-bond donors (Lipinski definition) is 4. The molecule has 1 atom stereocenters. The number of rotatable bonds is 3. The van der Waals surface area contributed by atoms with Crippen LogP contribution in [0.1, 0.15) is 12.8 Å². The normalized spacial score (nSPS) is 21.5. The lowest BCUT2D eigenvalue weighted by Gasteiger charge is -2.19. The van der Waals surface area contributed by atoms with Crippen LogP contribution in [-0.2, 0) is 9.59 Å². The highest BCUT2D eigenvalue weighted by Gasteiger charge is 2.19. The molecule has 13 heavy (non-hydrogen) atoms. The number of carbonyl (C=O) groups excluding carboxylic acids is 1. The number of hydrogen-bond acceptors (Lipinski definition) is 5. The Morgan fingerprint density at radius 1 is 1.69 bits per heavy atom. The number of amides is 1. The van der Waals surface area contributed by atoms with Crippen LogP contribution >= 0.6 is 12.6 Å². The van der Waals surface area contributed by atoms with E-state index in [0.29, 0.717) is 0 Å². The summed E-state index contributed by atoms with van der Waals surface area (Å²) in [6.45, 7) is 0. The van der Waals surface area contributed by atoms with Gasteiger partial charge in [0.05, 0.1) is 6.42 Å². The first kappa shape index (κ1) is 9.85. The van der Waals surface area contributed by atoms with E-state index >= 15 is 0 Å². The summed E-state index contributed by atoms with van der Waals surface area (Å²) in [6.07, 6.45) is 0.0137. The summed E-state index contributed by atoms with van der Waals surface area (Å²) in [7, 11) is 0. The molecule has 0 aromatic carbocycles. The number of carbonyl (C=O) groups is 2. The van der Waals surface area contributed by atoms with E-state index in [0.717, 1.165) is 0 Å². The summed E-state index contributed by atoms with van der Waals surface area (Å²) < 4.78 is 0. The van der Waals surface area contributed by atoms with Gasteiger partial charge in [0.15, 0.2) is 5.50 Å². The minimum Gasteiger partial charge on any atom is -0.481 e. The van der Waals surface area contributed by atoms with Gasteiger partial charge in [0, 0.05) is 6.42 Å². The molecule has 0 saturated heterocycles. The molecule has 1 rings (SSSR count). The Morgan fingerprint density at radius 2 is 2.38 bits per heavy atom. The molecule has 0 bridgehead atoms. The van der Waals surface area contributed by atoms with Gasteiger partial charge in [0.25, 0.3) is 5.91 Å². The topological polar surface area (TPSA) is 90.8 Å². The number of aliphatic carboxylic acids is 1. The second kappa shape index (κ2) is 4.13. The van der Waals surface area contributed by atoms with Crippen LogP contribution in [0.2, 0.25) is 0 Å². The second-order valence-corrected chi connectivity index (χ2v) is 2.97. The molecule has 1 unspecified atom stereocenters. The van der Waals surface area contributed by atoms with Gasteiger partial charge in [0.1, 0.15) is 5.71 Å². The zero-order valence-corrected chi connectivity index (χ0v) is 7.54. The first-order valence-corrected chi connectivity index (χ1v) is 4.14. The third-order valence-electron chi connectivity index (χ3n) is 1.43. The molecule has 0 aliphatic carbocycles. The van der Waals surface area contributed by atoms with Crippen molar-refractivity contribution in [3.8, 4) is 0 Å². The smallest absolute Gasteiger partial charge is 0.303 e. The molecule has 0 saturated carbocycles. The monoisotopic (exact) mass is 203 g/mol. The summed E-state index contributed by atoms with van der Waals surface area (Å²) in [5.74, 6) is -1.33. The predicted molar refractivity (Wildman–Crippen MR) is 48.4 cm³/mol. The molecule has 0 radical (unpaired) electrons. The molecule has 7 heteroatoms.